The normalized spacial score (nSPS) is 17.8. The molecule has 1 N–H and O–H groups in total. The van der Waals surface area contributed by atoms with Gasteiger partial charge in [0, 0.05) is 11.1 Å². The van der Waals surface area contributed by atoms with Crippen molar-refractivity contribution in [2.45, 2.75) is 25.3 Å². The molecule has 0 spiro atoms. The Morgan fingerprint density at radius 3 is 2.80 bits per heavy atom. The summed E-state index contributed by atoms with van der Waals surface area (Å²) < 4.78 is 12.8. The van der Waals surface area contributed by atoms with Crippen molar-refractivity contribution < 1.29 is 4.39 Å². The van der Waals surface area contributed by atoms with Crippen LogP contribution in [0.4, 0.5) is 4.39 Å². The van der Waals surface area contributed by atoms with Crippen LogP contribution < -0.4 is 5.32 Å². The monoisotopic (exact) mass is 227 g/mol. The lowest BCUT2D eigenvalue weighted by molar-refractivity contribution is 0.500. The first kappa shape index (κ1) is 10.9. The summed E-state index contributed by atoms with van der Waals surface area (Å²) in [4.78, 5) is 0. The van der Waals surface area contributed by atoms with Crippen molar-refractivity contribution in [2.75, 3.05) is 7.05 Å². The molecule has 1 aromatic carbocycles. The lowest BCUT2D eigenvalue weighted by Gasteiger charge is -2.16. The summed E-state index contributed by atoms with van der Waals surface area (Å²) in [6.45, 7) is 0. The molecule has 0 radical (unpaired) electrons. The minimum Gasteiger partial charge on any atom is -0.316 e. The zero-order valence-corrected chi connectivity index (χ0v) is 9.52. The third-order valence-corrected chi connectivity index (χ3v) is 3.37. The molecule has 15 heavy (non-hydrogen) atoms. The molecule has 0 saturated heterocycles. The van der Waals surface area contributed by atoms with E-state index in [1.54, 1.807) is 6.07 Å². The van der Waals surface area contributed by atoms with E-state index < -0.39 is 0 Å². The second-order valence-electron chi connectivity index (χ2n) is 4.17. The zero-order valence-electron chi connectivity index (χ0n) is 8.76. The van der Waals surface area contributed by atoms with Gasteiger partial charge in [-0.05, 0) is 49.9 Å². The standard InChI is InChI=1S/C12H15ClFN/c1-15-12(8-2-3-8)6-9-4-5-10(14)7-11(9)13/h4-5,7-8,12,15H,2-3,6H2,1H3. The molecule has 1 fully saturated rings. The van der Waals surface area contributed by atoms with E-state index in [-0.39, 0.29) is 5.82 Å². The molecule has 0 amide bonds. The predicted octanol–water partition coefficient (Wildman–Crippen LogP) is 3.02. The average molecular weight is 228 g/mol. The Bertz CT molecular complexity index is 349. The summed E-state index contributed by atoms with van der Waals surface area (Å²) >= 11 is 5.99. The molecule has 1 atom stereocenters. The fourth-order valence-corrected chi connectivity index (χ4v) is 2.17. The van der Waals surface area contributed by atoms with E-state index in [1.165, 1.54) is 25.0 Å². The molecule has 1 saturated carbocycles. The fraction of sp³-hybridized carbons (Fsp3) is 0.500. The second kappa shape index (κ2) is 4.50. The smallest absolute Gasteiger partial charge is 0.124 e. The summed E-state index contributed by atoms with van der Waals surface area (Å²) in [7, 11) is 1.97. The van der Waals surface area contributed by atoms with Gasteiger partial charge in [-0.2, -0.15) is 0 Å². The number of rotatable bonds is 4. The van der Waals surface area contributed by atoms with Crippen molar-refractivity contribution in [3.8, 4) is 0 Å². The van der Waals surface area contributed by atoms with Crippen molar-refractivity contribution in [2.24, 2.45) is 5.92 Å². The molecule has 82 valence electrons. The van der Waals surface area contributed by atoms with Gasteiger partial charge >= 0.3 is 0 Å². The summed E-state index contributed by atoms with van der Waals surface area (Å²) in [5, 5.41) is 3.84. The Kier molecular flexibility index (Phi) is 3.27. The van der Waals surface area contributed by atoms with E-state index >= 15 is 0 Å². The Morgan fingerprint density at radius 1 is 1.53 bits per heavy atom. The number of nitrogens with one attached hydrogen (secondary N) is 1. The van der Waals surface area contributed by atoms with Crippen LogP contribution in [0.5, 0.6) is 0 Å². The van der Waals surface area contributed by atoms with Gasteiger partial charge in [-0.15, -0.1) is 0 Å². The summed E-state index contributed by atoms with van der Waals surface area (Å²) in [5.41, 5.74) is 1.03. The van der Waals surface area contributed by atoms with Crippen molar-refractivity contribution in [3.63, 3.8) is 0 Å². The predicted molar refractivity (Wildman–Crippen MR) is 60.7 cm³/mol. The maximum absolute atomic E-state index is 12.8. The van der Waals surface area contributed by atoms with Crippen LogP contribution in [-0.4, -0.2) is 13.1 Å². The van der Waals surface area contributed by atoms with Crippen molar-refractivity contribution in [3.05, 3.63) is 34.6 Å². The van der Waals surface area contributed by atoms with Crippen LogP contribution in [-0.2, 0) is 6.42 Å². The summed E-state index contributed by atoms with van der Waals surface area (Å²) in [6.07, 6.45) is 3.48. The highest BCUT2D eigenvalue weighted by Gasteiger charge is 2.30. The first-order valence-corrected chi connectivity index (χ1v) is 5.69. The van der Waals surface area contributed by atoms with Gasteiger partial charge in [0.2, 0.25) is 0 Å². The molecule has 1 nitrogen and oxygen atoms in total. The van der Waals surface area contributed by atoms with E-state index in [4.69, 9.17) is 11.6 Å². The molecule has 3 heteroatoms. The van der Waals surface area contributed by atoms with Crippen LogP contribution in [0.2, 0.25) is 5.02 Å². The zero-order chi connectivity index (χ0) is 10.8. The fourth-order valence-electron chi connectivity index (χ4n) is 1.93. The van der Waals surface area contributed by atoms with Gasteiger partial charge in [-0.1, -0.05) is 17.7 Å². The SMILES string of the molecule is CNC(Cc1ccc(F)cc1Cl)C1CC1. The summed E-state index contributed by atoms with van der Waals surface area (Å²) in [6, 6.07) is 5.12. The van der Waals surface area contributed by atoms with Crippen LogP contribution in [0.15, 0.2) is 18.2 Å². The summed E-state index contributed by atoms with van der Waals surface area (Å²) in [5.74, 6) is 0.507. The van der Waals surface area contributed by atoms with Crippen LogP contribution in [0.1, 0.15) is 18.4 Å². The van der Waals surface area contributed by atoms with Gasteiger partial charge < -0.3 is 5.32 Å². The maximum atomic E-state index is 12.8. The molecule has 0 bridgehead atoms. The lowest BCUT2D eigenvalue weighted by Crippen LogP contribution is -2.29. The lowest BCUT2D eigenvalue weighted by atomic mass is 10.0. The molecular weight excluding hydrogens is 213 g/mol. The topological polar surface area (TPSA) is 12.0 Å². The third kappa shape index (κ3) is 2.70. The molecule has 1 aliphatic rings. The number of benzene rings is 1. The molecule has 0 aromatic heterocycles. The first-order chi connectivity index (χ1) is 7.20. The van der Waals surface area contributed by atoms with Crippen LogP contribution in [0.3, 0.4) is 0 Å². The number of halogens is 2. The van der Waals surface area contributed by atoms with Gasteiger partial charge in [-0.25, -0.2) is 4.39 Å². The highest BCUT2D eigenvalue weighted by molar-refractivity contribution is 6.31. The highest BCUT2D eigenvalue weighted by Crippen LogP contribution is 2.34. The van der Waals surface area contributed by atoms with E-state index in [9.17, 15) is 4.39 Å². The van der Waals surface area contributed by atoms with E-state index in [0.29, 0.717) is 11.1 Å². The minimum absolute atomic E-state index is 0.267. The molecular formula is C12H15ClFN. The Hall–Kier alpha value is -0.600. The highest BCUT2D eigenvalue weighted by atomic mass is 35.5. The number of hydrogen-bond donors (Lipinski definition) is 1. The molecule has 1 aliphatic carbocycles. The third-order valence-electron chi connectivity index (χ3n) is 3.02. The molecule has 1 unspecified atom stereocenters. The number of hydrogen-bond acceptors (Lipinski definition) is 1. The van der Waals surface area contributed by atoms with Crippen molar-refractivity contribution in [1.82, 2.24) is 5.32 Å². The second-order valence-corrected chi connectivity index (χ2v) is 4.58. The molecule has 2 rings (SSSR count). The van der Waals surface area contributed by atoms with Crippen LogP contribution >= 0.6 is 11.6 Å². The molecule has 0 aliphatic heterocycles. The quantitative estimate of drug-likeness (QED) is 0.834. The van der Waals surface area contributed by atoms with Crippen LogP contribution in [0.25, 0.3) is 0 Å². The van der Waals surface area contributed by atoms with E-state index in [1.807, 2.05) is 7.05 Å². The Balaban J connectivity index is 2.08. The van der Waals surface area contributed by atoms with E-state index in [2.05, 4.69) is 5.32 Å². The van der Waals surface area contributed by atoms with Crippen molar-refractivity contribution >= 4 is 11.6 Å². The van der Waals surface area contributed by atoms with Gasteiger partial charge in [0.15, 0.2) is 0 Å². The van der Waals surface area contributed by atoms with Gasteiger partial charge in [0.1, 0.15) is 5.82 Å². The van der Waals surface area contributed by atoms with Gasteiger partial charge in [0.05, 0.1) is 0 Å². The van der Waals surface area contributed by atoms with Gasteiger partial charge in [0.25, 0.3) is 0 Å². The number of likely N-dealkylation sites (N-methyl/N-ethyl adjacent to an activating group) is 1. The van der Waals surface area contributed by atoms with Crippen molar-refractivity contribution in [1.29, 1.82) is 0 Å². The minimum atomic E-state index is -0.267. The van der Waals surface area contributed by atoms with E-state index in [0.717, 1.165) is 17.9 Å². The average Bonchev–Trinajstić information content (AvgIpc) is 3.00. The van der Waals surface area contributed by atoms with Crippen LogP contribution in [0, 0.1) is 11.7 Å². The van der Waals surface area contributed by atoms with Gasteiger partial charge in [-0.3, -0.25) is 0 Å². The molecule has 1 aromatic rings. The Labute approximate surface area is 94.6 Å². The largest absolute Gasteiger partial charge is 0.316 e. The Morgan fingerprint density at radius 2 is 2.27 bits per heavy atom. The first-order valence-electron chi connectivity index (χ1n) is 5.32. The maximum Gasteiger partial charge on any atom is 0.124 e. The molecule has 0 heterocycles.